The molecule has 3 aromatic rings. The summed E-state index contributed by atoms with van der Waals surface area (Å²) in [4.78, 5) is 27.9. The van der Waals surface area contributed by atoms with Crippen LogP contribution in [0.25, 0.3) is 10.6 Å². The highest BCUT2D eigenvalue weighted by molar-refractivity contribution is 7.18. The van der Waals surface area contributed by atoms with Crippen LogP contribution in [0.3, 0.4) is 0 Å². The third kappa shape index (κ3) is 7.59. The summed E-state index contributed by atoms with van der Waals surface area (Å²) in [5, 5.41) is 17.7. The van der Waals surface area contributed by atoms with Crippen LogP contribution in [0.15, 0.2) is 42.5 Å². The number of hydrogen-bond donors (Lipinski definition) is 1. The molecule has 1 saturated heterocycles. The van der Waals surface area contributed by atoms with Crippen molar-refractivity contribution in [2.45, 2.75) is 38.3 Å². The average molecular weight is 623 g/mol. The Kier molecular flexibility index (Phi) is 9.34. The van der Waals surface area contributed by atoms with Crippen LogP contribution in [-0.4, -0.2) is 64.9 Å². The van der Waals surface area contributed by atoms with Gasteiger partial charge in [-0.1, -0.05) is 35.1 Å². The van der Waals surface area contributed by atoms with E-state index < -0.39 is 17.7 Å². The van der Waals surface area contributed by atoms with Crippen molar-refractivity contribution in [3.8, 4) is 16.3 Å². The van der Waals surface area contributed by atoms with Gasteiger partial charge in [0.15, 0.2) is 0 Å². The van der Waals surface area contributed by atoms with Crippen LogP contribution in [-0.2, 0) is 11.0 Å². The van der Waals surface area contributed by atoms with Crippen LogP contribution >= 0.6 is 22.9 Å². The number of aliphatic carboxylic acids is 1. The first-order chi connectivity index (χ1) is 20.1. The number of rotatable bonds is 11. The number of alkyl halides is 3. The van der Waals surface area contributed by atoms with E-state index in [0.29, 0.717) is 24.6 Å². The largest absolute Gasteiger partial charge is 0.492 e. The monoisotopic (exact) mass is 622 g/mol. The Labute approximate surface area is 250 Å². The van der Waals surface area contributed by atoms with Crippen molar-refractivity contribution >= 4 is 39.9 Å². The van der Waals surface area contributed by atoms with Crippen molar-refractivity contribution in [1.29, 1.82) is 0 Å². The molecular weight excluding hydrogens is 593 g/mol. The molecule has 2 aliphatic rings. The third-order valence-corrected chi connectivity index (χ3v) is 8.81. The minimum atomic E-state index is -4.67. The quantitative estimate of drug-likeness (QED) is 0.261. The zero-order chi connectivity index (χ0) is 29.9. The SMILES string of the molecule is O=C(O)CC1CCN(CCOc2ccc(-c3nnc(N(CC4CC4)C(=O)c4ccccc4Cl)s3)c(C(F)(F)F)c2)CC1. The Morgan fingerprint density at radius 3 is 2.48 bits per heavy atom. The van der Waals surface area contributed by atoms with Gasteiger partial charge in [-0.15, -0.1) is 10.2 Å². The predicted octanol–water partition coefficient (Wildman–Crippen LogP) is 6.50. The number of piperidine rings is 1. The second-order valence-electron chi connectivity index (χ2n) is 10.7. The number of carboxylic acids is 1. The number of aromatic nitrogens is 2. The van der Waals surface area contributed by atoms with Crippen LogP contribution < -0.4 is 9.64 Å². The number of hydrogen-bond acceptors (Lipinski definition) is 7. The van der Waals surface area contributed by atoms with E-state index in [1.54, 1.807) is 24.3 Å². The Morgan fingerprint density at radius 1 is 1.07 bits per heavy atom. The number of halogens is 4. The number of anilines is 1. The lowest BCUT2D eigenvalue weighted by atomic mass is 9.94. The Balaban J connectivity index is 1.29. The fourth-order valence-electron chi connectivity index (χ4n) is 5.01. The van der Waals surface area contributed by atoms with Gasteiger partial charge in [-0.05, 0) is 80.9 Å². The number of likely N-dealkylation sites (tertiary alicyclic amines) is 1. The summed E-state index contributed by atoms with van der Waals surface area (Å²) >= 11 is 7.18. The van der Waals surface area contributed by atoms with Gasteiger partial charge in [-0.2, -0.15) is 13.2 Å². The maximum Gasteiger partial charge on any atom is 0.417 e. The molecule has 1 aliphatic carbocycles. The third-order valence-electron chi connectivity index (χ3n) is 7.51. The second kappa shape index (κ2) is 13.0. The minimum absolute atomic E-state index is 0.0425. The van der Waals surface area contributed by atoms with Crippen molar-refractivity contribution in [1.82, 2.24) is 15.1 Å². The van der Waals surface area contributed by atoms with Gasteiger partial charge >= 0.3 is 12.1 Å². The van der Waals surface area contributed by atoms with Crippen LogP contribution in [0, 0.1) is 11.8 Å². The van der Waals surface area contributed by atoms with E-state index in [0.717, 1.165) is 56.2 Å². The number of nitrogens with zero attached hydrogens (tertiary/aromatic N) is 4. The summed E-state index contributed by atoms with van der Waals surface area (Å²) in [6.07, 6.45) is -1.06. The molecule has 0 spiro atoms. The van der Waals surface area contributed by atoms with Crippen molar-refractivity contribution in [2.24, 2.45) is 11.8 Å². The molecule has 1 aromatic heterocycles. The summed E-state index contributed by atoms with van der Waals surface area (Å²) in [6, 6.07) is 10.4. The molecule has 5 rings (SSSR count). The first-order valence-electron chi connectivity index (χ1n) is 13.8. The zero-order valence-electron chi connectivity index (χ0n) is 22.6. The molecule has 1 N–H and O–H groups in total. The molecule has 224 valence electrons. The molecule has 0 atom stereocenters. The van der Waals surface area contributed by atoms with E-state index in [1.807, 2.05) is 0 Å². The fourth-order valence-corrected chi connectivity index (χ4v) is 6.12. The number of carboxylic acid groups (broad SMARTS) is 1. The van der Waals surface area contributed by atoms with Gasteiger partial charge in [-0.25, -0.2) is 0 Å². The summed E-state index contributed by atoms with van der Waals surface area (Å²) in [5.41, 5.74) is -0.752. The number of benzene rings is 2. The van der Waals surface area contributed by atoms with Gasteiger partial charge in [0, 0.05) is 25.1 Å². The molecule has 1 amide bonds. The second-order valence-corrected chi connectivity index (χ2v) is 12.0. The topological polar surface area (TPSA) is 95.9 Å². The standard InChI is InChI=1S/C29H30ClF3N4O4S/c30-24-4-2-1-3-22(24)27(40)37(17-19-5-6-19)28-35-34-26(42-28)21-8-7-20(16-23(21)29(31,32)33)41-14-13-36-11-9-18(10-12-36)15-25(38)39/h1-4,7-8,16,18-19H,5-6,9-15,17H2,(H,38,39). The highest BCUT2D eigenvalue weighted by Crippen LogP contribution is 2.42. The Hall–Kier alpha value is -3.22. The highest BCUT2D eigenvalue weighted by atomic mass is 35.5. The lowest BCUT2D eigenvalue weighted by Gasteiger charge is -2.31. The van der Waals surface area contributed by atoms with Gasteiger partial charge in [0.25, 0.3) is 5.91 Å². The van der Waals surface area contributed by atoms with Gasteiger partial charge in [0.05, 0.1) is 16.1 Å². The number of amides is 1. The molecule has 1 saturated carbocycles. The maximum absolute atomic E-state index is 14.2. The van der Waals surface area contributed by atoms with Crippen molar-refractivity contribution in [3.05, 3.63) is 58.6 Å². The van der Waals surface area contributed by atoms with E-state index in [2.05, 4.69) is 15.1 Å². The highest BCUT2D eigenvalue weighted by Gasteiger charge is 2.36. The van der Waals surface area contributed by atoms with Crippen LogP contribution in [0.1, 0.15) is 48.0 Å². The van der Waals surface area contributed by atoms with Crippen molar-refractivity contribution in [3.63, 3.8) is 0 Å². The molecule has 13 heteroatoms. The van der Waals surface area contributed by atoms with Crippen molar-refractivity contribution < 1.29 is 32.6 Å². The molecule has 8 nitrogen and oxygen atoms in total. The van der Waals surface area contributed by atoms with E-state index >= 15 is 0 Å². The fraction of sp³-hybridized carbons (Fsp3) is 0.448. The number of carbonyl (C=O) groups excluding carboxylic acids is 1. The average Bonchev–Trinajstić information content (AvgIpc) is 3.65. The summed E-state index contributed by atoms with van der Waals surface area (Å²) in [7, 11) is 0. The Morgan fingerprint density at radius 2 is 1.81 bits per heavy atom. The molecule has 0 radical (unpaired) electrons. The summed E-state index contributed by atoms with van der Waals surface area (Å²) < 4.78 is 48.2. The van der Waals surface area contributed by atoms with Crippen LogP contribution in [0.4, 0.5) is 18.3 Å². The van der Waals surface area contributed by atoms with E-state index in [4.69, 9.17) is 21.4 Å². The smallest absolute Gasteiger partial charge is 0.417 e. The molecular formula is C29H30ClF3N4O4S. The summed E-state index contributed by atoms with van der Waals surface area (Å²) in [5.74, 6) is -0.645. The van der Waals surface area contributed by atoms with E-state index in [1.165, 1.54) is 17.0 Å². The molecule has 0 bridgehead atoms. The zero-order valence-corrected chi connectivity index (χ0v) is 24.2. The van der Waals surface area contributed by atoms with E-state index in [-0.39, 0.29) is 51.3 Å². The molecule has 2 heterocycles. The lowest BCUT2D eigenvalue weighted by Crippen LogP contribution is -2.37. The van der Waals surface area contributed by atoms with Crippen LogP contribution in [0.2, 0.25) is 5.02 Å². The Bertz CT molecular complexity index is 1420. The normalized spacial score (nSPS) is 16.4. The van der Waals surface area contributed by atoms with Gasteiger partial charge in [-0.3, -0.25) is 19.4 Å². The molecule has 2 fully saturated rings. The first kappa shape index (κ1) is 30.2. The number of ether oxygens (including phenoxy) is 1. The minimum Gasteiger partial charge on any atom is -0.492 e. The van der Waals surface area contributed by atoms with Gasteiger partial charge < -0.3 is 9.84 Å². The maximum atomic E-state index is 14.2. The molecule has 1 aliphatic heterocycles. The predicted molar refractivity (Wildman–Crippen MR) is 153 cm³/mol. The molecule has 2 aromatic carbocycles. The van der Waals surface area contributed by atoms with Gasteiger partial charge in [0.1, 0.15) is 17.4 Å². The number of carbonyl (C=O) groups is 2. The van der Waals surface area contributed by atoms with Crippen LogP contribution in [0.5, 0.6) is 5.75 Å². The van der Waals surface area contributed by atoms with Gasteiger partial charge in [0.2, 0.25) is 5.13 Å². The van der Waals surface area contributed by atoms with E-state index in [9.17, 15) is 22.8 Å². The first-order valence-corrected chi connectivity index (χ1v) is 15.0. The molecule has 42 heavy (non-hydrogen) atoms. The van der Waals surface area contributed by atoms with Crippen molar-refractivity contribution in [2.75, 3.05) is 37.7 Å². The molecule has 0 unspecified atom stereocenters. The summed E-state index contributed by atoms with van der Waals surface area (Å²) in [6.45, 7) is 2.56. The lowest BCUT2D eigenvalue weighted by molar-refractivity contribution is -0.138.